The maximum atomic E-state index is 5.48. The van der Waals surface area contributed by atoms with E-state index in [9.17, 15) is 0 Å². The summed E-state index contributed by atoms with van der Waals surface area (Å²) in [5, 5.41) is 0. The Morgan fingerprint density at radius 2 is 1.84 bits per heavy atom. The Hall–Kier alpha value is -1.23. The molecule has 0 radical (unpaired) electrons. The van der Waals surface area contributed by atoms with Crippen molar-refractivity contribution in [2.75, 3.05) is 13.2 Å². The van der Waals surface area contributed by atoms with Crippen molar-refractivity contribution in [3.63, 3.8) is 0 Å². The predicted molar refractivity (Wildman–Crippen MR) is 89.2 cm³/mol. The molecule has 0 aliphatic carbocycles. The number of likely N-dealkylation sites (N-methyl/N-ethyl adjacent to an activating group) is 1. The van der Waals surface area contributed by atoms with Crippen LogP contribution in [0.5, 0.6) is 5.75 Å². The Morgan fingerprint density at radius 1 is 1.16 bits per heavy atom. The maximum absolute atomic E-state index is 5.48. The Labute approximate surface area is 128 Å². The van der Waals surface area contributed by atoms with Gasteiger partial charge in [-0.15, -0.1) is 0 Å². The number of nitrogens with zero attached hydrogens (tertiary/aromatic N) is 1. The van der Waals surface area contributed by atoms with Gasteiger partial charge in [0.25, 0.3) is 0 Å². The number of ether oxygens (including phenoxy) is 1. The van der Waals surface area contributed by atoms with E-state index >= 15 is 0 Å². The van der Waals surface area contributed by atoms with Crippen LogP contribution in [0.1, 0.15) is 19.4 Å². The number of hydrogen-bond donors (Lipinski definition) is 0. The van der Waals surface area contributed by atoms with Crippen LogP contribution in [0.15, 0.2) is 52.3 Å². The third-order valence-electron chi connectivity index (χ3n) is 3.06. The third-order valence-corrected chi connectivity index (χ3v) is 4.04. The van der Waals surface area contributed by atoms with Gasteiger partial charge in [-0.25, -0.2) is 0 Å². The molecule has 0 bridgehead atoms. The quantitative estimate of drug-likeness (QED) is 0.722. The fourth-order valence-corrected chi connectivity index (χ4v) is 2.59. The first-order valence-electron chi connectivity index (χ1n) is 6.45. The smallest absolute Gasteiger partial charge is 0.119 e. The normalized spacial score (nSPS) is 15.1. The lowest BCUT2D eigenvalue weighted by atomic mass is 10.1. The van der Waals surface area contributed by atoms with Crippen LogP contribution in [0.4, 0.5) is 0 Å². The van der Waals surface area contributed by atoms with Crippen LogP contribution in [-0.4, -0.2) is 18.1 Å². The molecule has 1 aromatic carbocycles. The number of rotatable bonds is 4. The van der Waals surface area contributed by atoms with Crippen LogP contribution in [0.3, 0.4) is 0 Å². The summed E-state index contributed by atoms with van der Waals surface area (Å²) in [6, 6.07) is 8.22. The van der Waals surface area contributed by atoms with E-state index in [0.717, 1.165) is 18.0 Å². The molecule has 0 fully saturated rings. The van der Waals surface area contributed by atoms with E-state index in [1.54, 1.807) is 0 Å². The lowest BCUT2D eigenvalue weighted by molar-refractivity contribution is 0.340. The highest BCUT2D eigenvalue weighted by Crippen LogP contribution is 2.33. The monoisotopic (exact) mass is 367 g/mol. The zero-order chi connectivity index (χ0) is 13.8. The molecular formula is C16H18INO. The van der Waals surface area contributed by atoms with Crippen LogP contribution >= 0.6 is 22.6 Å². The SMILES string of the molecule is C=C1C(I)=CC=C(c2ccc(OCC)cc2)N1CC. The highest BCUT2D eigenvalue weighted by atomic mass is 127. The molecule has 0 spiro atoms. The molecule has 1 aromatic rings. The summed E-state index contributed by atoms with van der Waals surface area (Å²) in [7, 11) is 0. The molecule has 0 saturated heterocycles. The second kappa shape index (κ2) is 6.28. The molecule has 2 rings (SSSR count). The third kappa shape index (κ3) is 3.03. The molecule has 100 valence electrons. The minimum Gasteiger partial charge on any atom is -0.494 e. The maximum Gasteiger partial charge on any atom is 0.119 e. The predicted octanol–water partition coefficient (Wildman–Crippen LogP) is 4.59. The number of allylic oxidation sites excluding steroid dienone is 3. The second-order valence-corrected chi connectivity index (χ2v) is 5.38. The van der Waals surface area contributed by atoms with Gasteiger partial charge in [-0.2, -0.15) is 0 Å². The van der Waals surface area contributed by atoms with Gasteiger partial charge in [-0.3, -0.25) is 0 Å². The molecule has 0 atom stereocenters. The van der Waals surface area contributed by atoms with E-state index in [4.69, 9.17) is 4.74 Å². The molecule has 19 heavy (non-hydrogen) atoms. The van der Waals surface area contributed by atoms with Crippen molar-refractivity contribution in [1.29, 1.82) is 0 Å². The second-order valence-electron chi connectivity index (χ2n) is 4.21. The van der Waals surface area contributed by atoms with E-state index < -0.39 is 0 Å². The Balaban J connectivity index is 2.32. The fraction of sp³-hybridized carbons (Fsp3) is 0.250. The van der Waals surface area contributed by atoms with Gasteiger partial charge < -0.3 is 9.64 Å². The number of benzene rings is 1. The molecule has 1 aliphatic heterocycles. The average molecular weight is 367 g/mol. The summed E-state index contributed by atoms with van der Waals surface area (Å²) < 4.78 is 6.66. The van der Waals surface area contributed by atoms with Gasteiger partial charge in [0.2, 0.25) is 0 Å². The number of hydrogen-bond acceptors (Lipinski definition) is 2. The van der Waals surface area contributed by atoms with Gasteiger partial charge in [0.05, 0.1) is 6.61 Å². The van der Waals surface area contributed by atoms with Gasteiger partial charge in [-0.1, -0.05) is 6.58 Å². The minimum atomic E-state index is 0.695. The van der Waals surface area contributed by atoms with E-state index in [0.29, 0.717) is 6.61 Å². The largest absolute Gasteiger partial charge is 0.494 e. The van der Waals surface area contributed by atoms with Crippen LogP contribution < -0.4 is 4.74 Å². The molecule has 0 aromatic heterocycles. The summed E-state index contributed by atoms with van der Waals surface area (Å²) in [4.78, 5) is 2.23. The van der Waals surface area contributed by atoms with E-state index in [1.807, 2.05) is 19.1 Å². The van der Waals surface area contributed by atoms with Crippen molar-refractivity contribution in [2.45, 2.75) is 13.8 Å². The first kappa shape index (κ1) is 14.2. The van der Waals surface area contributed by atoms with Crippen LogP contribution in [0.25, 0.3) is 5.70 Å². The Kier molecular flexibility index (Phi) is 4.69. The Morgan fingerprint density at radius 3 is 2.42 bits per heavy atom. The van der Waals surface area contributed by atoms with Gasteiger partial charge in [0, 0.05) is 21.5 Å². The summed E-state index contributed by atoms with van der Waals surface area (Å²) >= 11 is 2.32. The van der Waals surface area contributed by atoms with E-state index in [2.05, 4.69) is 65.3 Å². The standard InChI is InChI=1S/C16H18INO/c1-4-18-12(3)15(17)10-11-16(18)13-6-8-14(9-7-13)19-5-2/h6-11H,3-5H2,1-2H3. The molecule has 2 nitrogen and oxygen atoms in total. The summed E-state index contributed by atoms with van der Waals surface area (Å²) in [5.74, 6) is 0.912. The highest BCUT2D eigenvalue weighted by molar-refractivity contribution is 14.1. The van der Waals surface area contributed by atoms with Crippen molar-refractivity contribution in [1.82, 2.24) is 4.90 Å². The lowest BCUT2D eigenvalue weighted by Gasteiger charge is -2.30. The van der Waals surface area contributed by atoms with Gasteiger partial charge >= 0.3 is 0 Å². The topological polar surface area (TPSA) is 12.5 Å². The molecular weight excluding hydrogens is 349 g/mol. The van der Waals surface area contributed by atoms with E-state index in [1.165, 1.54) is 14.8 Å². The summed E-state index contributed by atoms with van der Waals surface area (Å²) in [6.07, 6.45) is 4.26. The zero-order valence-corrected chi connectivity index (χ0v) is 13.5. The van der Waals surface area contributed by atoms with Crippen molar-refractivity contribution >= 4 is 28.3 Å². The van der Waals surface area contributed by atoms with Crippen LogP contribution in [0, 0.1) is 0 Å². The Bertz CT molecular complexity index is 528. The van der Waals surface area contributed by atoms with Crippen molar-refractivity contribution in [3.8, 4) is 5.75 Å². The fourth-order valence-electron chi connectivity index (χ4n) is 2.11. The molecule has 0 amide bonds. The minimum absolute atomic E-state index is 0.695. The van der Waals surface area contributed by atoms with Gasteiger partial charge in [-0.05, 0) is 78.4 Å². The van der Waals surface area contributed by atoms with Crippen molar-refractivity contribution in [2.24, 2.45) is 0 Å². The van der Waals surface area contributed by atoms with Crippen LogP contribution in [0.2, 0.25) is 0 Å². The van der Waals surface area contributed by atoms with Crippen molar-refractivity contribution in [3.05, 3.63) is 57.8 Å². The first-order valence-corrected chi connectivity index (χ1v) is 7.52. The molecule has 1 aliphatic rings. The molecule has 3 heteroatoms. The van der Waals surface area contributed by atoms with Gasteiger partial charge in [0.15, 0.2) is 0 Å². The van der Waals surface area contributed by atoms with Gasteiger partial charge in [0.1, 0.15) is 5.75 Å². The molecule has 1 heterocycles. The van der Waals surface area contributed by atoms with Crippen LogP contribution in [-0.2, 0) is 0 Å². The van der Waals surface area contributed by atoms with Crippen molar-refractivity contribution < 1.29 is 4.74 Å². The highest BCUT2D eigenvalue weighted by Gasteiger charge is 2.18. The summed E-state index contributed by atoms with van der Waals surface area (Å²) in [5.41, 5.74) is 3.44. The van der Waals surface area contributed by atoms with E-state index in [-0.39, 0.29) is 0 Å². The molecule has 0 saturated carbocycles. The average Bonchev–Trinajstić information content (AvgIpc) is 2.43. The molecule has 0 N–H and O–H groups in total. The molecule has 0 unspecified atom stereocenters. The first-order chi connectivity index (χ1) is 9.17. The summed E-state index contributed by atoms with van der Waals surface area (Å²) in [6.45, 7) is 9.90. The number of halogens is 1. The zero-order valence-electron chi connectivity index (χ0n) is 11.3. The lowest BCUT2D eigenvalue weighted by Crippen LogP contribution is -2.22.